The number of nitrogens with zero attached hydrogens (tertiary/aromatic N) is 4. The smallest absolute Gasteiger partial charge is 0.166 e. The van der Waals surface area contributed by atoms with Crippen molar-refractivity contribution in [3.8, 4) is 0 Å². The van der Waals surface area contributed by atoms with Crippen molar-refractivity contribution < 1.29 is 0 Å². The summed E-state index contributed by atoms with van der Waals surface area (Å²) in [5.41, 5.74) is 2.33. The first kappa shape index (κ1) is 16.8. The Kier molecular flexibility index (Phi) is 4.79. The fraction of sp³-hybridized carbons (Fsp3) is 0.0435. The van der Waals surface area contributed by atoms with Gasteiger partial charge in [-0.25, -0.2) is 0 Å². The molecule has 0 bridgehead atoms. The molecule has 4 nitrogen and oxygen atoms in total. The number of hydrogen-bond acceptors (Lipinski definition) is 4. The molecule has 0 aliphatic heterocycles. The van der Waals surface area contributed by atoms with Gasteiger partial charge in [-0.3, -0.25) is 0 Å². The van der Waals surface area contributed by atoms with E-state index in [-0.39, 0.29) is 0 Å². The van der Waals surface area contributed by atoms with E-state index >= 15 is 0 Å². The summed E-state index contributed by atoms with van der Waals surface area (Å²) in [6.45, 7) is 0. The van der Waals surface area contributed by atoms with Crippen LogP contribution in [-0.2, 0) is 5.54 Å². The van der Waals surface area contributed by atoms with E-state index in [1.54, 1.807) is 18.3 Å². The molecular weight excluding hydrogens is 332 g/mol. The van der Waals surface area contributed by atoms with Gasteiger partial charge in [0.25, 0.3) is 0 Å². The van der Waals surface area contributed by atoms with Crippen LogP contribution in [0.2, 0.25) is 0 Å². The summed E-state index contributed by atoms with van der Waals surface area (Å²) in [6, 6.07) is 34.2. The van der Waals surface area contributed by atoms with Gasteiger partial charge in [-0.1, -0.05) is 91.0 Å². The van der Waals surface area contributed by atoms with Crippen molar-refractivity contribution in [1.82, 2.24) is 10.2 Å². The molecule has 0 atom stereocenters. The van der Waals surface area contributed by atoms with Gasteiger partial charge >= 0.3 is 0 Å². The van der Waals surface area contributed by atoms with Crippen LogP contribution in [0.25, 0.3) is 0 Å². The van der Waals surface area contributed by atoms with Crippen LogP contribution in [0, 0.1) is 0 Å². The second-order valence-electron chi connectivity index (χ2n) is 6.09. The van der Waals surface area contributed by atoms with Crippen LogP contribution in [0.3, 0.4) is 0 Å². The second kappa shape index (κ2) is 7.70. The molecule has 1 heterocycles. The minimum absolute atomic E-state index is 0.477. The number of benzene rings is 3. The molecule has 0 aliphatic rings. The zero-order chi connectivity index (χ0) is 18.4. The quantitative estimate of drug-likeness (QED) is 0.350. The summed E-state index contributed by atoms with van der Waals surface area (Å²) < 4.78 is 0. The van der Waals surface area contributed by atoms with Crippen LogP contribution in [0.4, 0.5) is 5.82 Å². The van der Waals surface area contributed by atoms with E-state index in [4.69, 9.17) is 5.11 Å². The highest BCUT2D eigenvalue weighted by Crippen LogP contribution is 2.41. The Balaban J connectivity index is 1.99. The molecule has 4 rings (SSSR count). The highest BCUT2D eigenvalue weighted by Gasteiger charge is 2.36. The zero-order valence-electron chi connectivity index (χ0n) is 14.7. The maximum Gasteiger partial charge on any atom is 0.195 e. The lowest BCUT2D eigenvalue weighted by atomic mass is 9.78. The molecule has 0 spiro atoms. The third-order valence-corrected chi connectivity index (χ3v) is 4.44. The summed E-state index contributed by atoms with van der Waals surface area (Å²) in [7, 11) is 0. The monoisotopic (exact) mass is 350 g/mol. The van der Waals surface area contributed by atoms with Crippen LogP contribution in [0.15, 0.2) is 120 Å². The summed E-state index contributed by atoms with van der Waals surface area (Å²) in [4.78, 5) is 0. The fourth-order valence-electron chi connectivity index (χ4n) is 3.18. The van der Waals surface area contributed by atoms with Crippen LogP contribution in [-0.4, -0.2) is 10.2 Å². The van der Waals surface area contributed by atoms with Crippen LogP contribution in [0.5, 0.6) is 0 Å². The molecule has 130 valence electrons. The van der Waals surface area contributed by atoms with Crippen LogP contribution in [0.1, 0.15) is 16.7 Å². The fourth-order valence-corrected chi connectivity index (χ4v) is 3.18. The Bertz CT molecular complexity index is 905. The van der Waals surface area contributed by atoms with Gasteiger partial charge in [-0.2, -0.15) is 10.2 Å². The highest BCUT2D eigenvalue weighted by molar-refractivity contribution is 5.49. The lowest BCUT2D eigenvalue weighted by Gasteiger charge is -2.30. The first-order chi connectivity index (χ1) is 13.4. The van der Waals surface area contributed by atoms with Gasteiger partial charge in [-0.05, 0) is 28.8 Å². The topological polar surface area (TPSA) is 50.5 Å². The SMILES string of the molecule is c1ccc(C(N=Nc2cccnn2)(c2ccccc2)c2ccccc2)cc1. The molecule has 4 aromatic rings. The predicted molar refractivity (Wildman–Crippen MR) is 106 cm³/mol. The summed E-state index contributed by atoms with van der Waals surface area (Å²) in [5.74, 6) is 0.477. The third kappa shape index (κ3) is 3.37. The number of rotatable bonds is 5. The maximum absolute atomic E-state index is 4.86. The molecule has 0 amide bonds. The minimum atomic E-state index is -0.776. The first-order valence-corrected chi connectivity index (χ1v) is 8.77. The van der Waals surface area contributed by atoms with Crippen LogP contribution < -0.4 is 0 Å². The average Bonchev–Trinajstić information content (AvgIpc) is 2.77. The minimum Gasteiger partial charge on any atom is -0.166 e. The normalized spacial score (nSPS) is 11.6. The van der Waals surface area contributed by atoms with Crippen molar-refractivity contribution in [2.24, 2.45) is 10.2 Å². The van der Waals surface area contributed by atoms with Crippen LogP contribution >= 0.6 is 0 Å². The average molecular weight is 350 g/mol. The zero-order valence-corrected chi connectivity index (χ0v) is 14.7. The highest BCUT2D eigenvalue weighted by atomic mass is 15.2. The molecule has 3 aromatic carbocycles. The molecule has 0 radical (unpaired) electrons. The van der Waals surface area contributed by atoms with E-state index in [0.29, 0.717) is 5.82 Å². The van der Waals surface area contributed by atoms with Crippen molar-refractivity contribution in [2.45, 2.75) is 5.54 Å². The van der Waals surface area contributed by atoms with Gasteiger partial charge < -0.3 is 0 Å². The molecular formula is C23H18N4. The van der Waals surface area contributed by atoms with Crippen molar-refractivity contribution >= 4 is 5.82 Å². The first-order valence-electron chi connectivity index (χ1n) is 8.77. The van der Waals surface area contributed by atoms with E-state index in [2.05, 4.69) is 51.7 Å². The van der Waals surface area contributed by atoms with Gasteiger partial charge in [0, 0.05) is 6.20 Å². The summed E-state index contributed by atoms with van der Waals surface area (Å²) in [6.07, 6.45) is 1.62. The molecule has 4 heteroatoms. The molecule has 0 saturated heterocycles. The number of azo groups is 1. The Morgan fingerprint density at radius 1 is 0.556 bits per heavy atom. The molecule has 0 fully saturated rings. The molecule has 0 N–H and O–H groups in total. The van der Waals surface area contributed by atoms with E-state index < -0.39 is 5.54 Å². The Morgan fingerprint density at radius 2 is 1.04 bits per heavy atom. The standard InChI is InChI=1S/C23H18N4/c1-4-11-19(12-5-1)23(20-13-6-2-7-14-20,21-15-8-3-9-16-21)27-26-22-17-10-18-24-25-22/h1-18H. The summed E-state index contributed by atoms with van der Waals surface area (Å²) in [5, 5.41) is 17.3. The summed E-state index contributed by atoms with van der Waals surface area (Å²) >= 11 is 0. The van der Waals surface area contributed by atoms with Crippen molar-refractivity contribution in [3.63, 3.8) is 0 Å². The van der Waals surface area contributed by atoms with Gasteiger partial charge in [0.2, 0.25) is 0 Å². The lowest BCUT2D eigenvalue weighted by Crippen LogP contribution is -2.26. The van der Waals surface area contributed by atoms with E-state index in [9.17, 15) is 0 Å². The van der Waals surface area contributed by atoms with E-state index in [1.165, 1.54) is 0 Å². The molecule has 1 aromatic heterocycles. The Labute approximate surface area is 158 Å². The molecule has 0 unspecified atom stereocenters. The molecule has 0 saturated carbocycles. The van der Waals surface area contributed by atoms with Gasteiger partial charge in [0.15, 0.2) is 11.4 Å². The lowest BCUT2D eigenvalue weighted by molar-refractivity contribution is 0.616. The second-order valence-corrected chi connectivity index (χ2v) is 6.09. The van der Waals surface area contributed by atoms with Crippen molar-refractivity contribution in [2.75, 3.05) is 0 Å². The van der Waals surface area contributed by atoms with Crippen molar-refractivity contribution in [1.29, 1.82) is 0 Å². The van der Waals surface area contributed by atoms with Gasteiger partial charge in [0.05, 0.1) is 0 Å². The van der Waals surface area contributed by atoms with Gasteiger partial charge in [0.1, 0.15) is 0 Å². The third-order valence-electron chi connectivity index (χ3n) is 4.44. The predicted octanol–water partition coefficient (Wildman–Crippen LogP) is 5.55. The Morgan fingerprint density at radius 3 is 1.44 bits per heavy atom. The number of hydrogen-bond donors (Lipinski definition) is 0. The maximum atomic E-state index is 4.86. The van der Waals surface area contributed by atoms with Crippen molar-refractivity contribution in [3.05, 3.63) is 126 Å². The van der Waals surface area contributed by atoms with E-state index in [0.717, 1.165) is 16.7 Å². The van der Waals surface area contributed by atoms with Gasteiger partial charge in [-0.15, -0.1) is 10.2 Å². The largest absolute Gasteiger partial charge is 0.195 e. The molecule has 27 heavy (non-hydrogen) atoms. The molecule has 0 aliphatic carbocycles. The van der Waals surface area contributed by atoms with E-state index in [1.807, 2.05) is 54.6 Å². The Hall–Kier alpha value is -3.66. The number of aromatic nitrogens is 2.